The fraction of sp³-hybridized carbons (Fsp3) is 0.100. The number of benzene rings is 2. The Bertz CT molecular complexity index is 995. The molecule has 0 saturated carbocycles. The Morgan fingerprint density at radius 2 is 1.93 bits per heavy atom. The van der Waals surface area contributed by atoms with Crippen LogP contribution in [0.15, 0.2) is 48.7 Å². The molecule has 3 rings (SSSR count). The smallest absolute Gasteiger partial charge is 0.323 e. The number of halogens is 2. The predicted molar refractivity (Wildman–Crippen MR) is 107 cm³/mol. The number of rotatable bonds is 6. The van der Waals surface area contributed by atoms with E-state index >= 15 is 0 Å². The Morgan fingerprint density at radius 1 is 1.19 bits per heavy atom. The molecule has 27 heavy (non-hydrogen) atoms. The van der Waals surface area contributed by atoms with Gasteiger partial charge in [-0.05, 0) is 42.0 Å². The van der Waals surface area contributed by atoms with Crippen molar-refractivity contribution in [3.63, 3.8) is 0 Å². The van der Waals surface area contributed by atoms with Gasteiger partial charge in [-0.15, -0.1) is 0 Å². The zero-order valence-corrected chi connectivity index (χ0v) is 15.9. The van der Waals surface area contributed by atoms with Crippen LogP contribution < -0.4 is 4.74 Å². The van der Waals surface area contributed by atoms with Gasteiger partial charge in [0, 0.05) is 16.8 Å². The lowest BCUT2D eigenvalue weighted by atomic mass is 10.2. The Labute approximate surface area is 166 Å². The van der Waals surface area contributed by atoms with Crippen LogP contribution in [-0.4, -0.2) is 27.7 Å². The zero-order valence-electron chi connectivity index (χ0n) is 14.4. The fourth-order valence-electron chi connectivity index (χ4n) is 2.55. The molecule has 1 aromatic heterocycles. The monoisotopic (exact) mass is 402 g/mol. The normalized spacial score (nSPS) is 11.1. The largest absolute Gasteiger partial charge is 0.497 e. The van der Waals surface area contributed by atoms with Crippen LogP contribution in [0.5, 0.6) is 5.75 Å². The summed E-state index contributed by atoms with van der Waals surface area (Å²) in [4.78, 5) is 15.7. The second-order valence-corrected chi connectivity index (χ2v) is 6.58. The minimum absolute atomic E-state index is 0.208. The van der Waals surface area contributed by atoms with E-state index in [9.17, 15) is 9.90 Å². The van der Waals surface area contributed by atoms with Gasteiger partial charge in [-0.25, -0.2) is 4.98 Å². The first-order valence-electron chi connectivity index (χ1n) is 8.03. The summed E-state index contributed by atoms with van der Waals surface area (Å²) in [7, 11) is 1.61. The van der Waals surface area contributed by atoms with Gasteiger partial charge in [0.15, 0.2) is 0 Å². The van der Waals surface area contributed by atoms with Crippen molar-refractivity contribution in [2.45, 2.75) is 6.54 Å². The molecule has 0 fully saturated rings. The number of carboxylic acids is 1. The van der Waals surface area contributed by atoms with E-state index in [0.717, 1.165) is 11.3 Å². The van der Waals surface area contributed by atoms with Crippen molar-refractivity contribution in [3.8, 4) is 17.0 Å². The van der Waals surface area contributed by atoms with Crippen molar-refractivity contribution >= 4 is 41.3 Å². The van der Waals surface area contributed by atoms with Gasteiger partial charge in [-0.1, -0.05) is 41.4 Å². The van der Waals surface area contributed by atoms with Gasteiger partial charge < -0.3 is 14.4 Å². The second kappa shape index (κ2) is 8.29. The van der Waals surface area contributed by atoms with Crippen molar-refractivity contribution in [1.29, 1.82) is 0 Å². The summed E-state index contributed by atoms with van der Waals surface area (Å²) in [5.74, 6) is 0.314. The third-order valence-electron chi connectivity index (χ3n) is 3.86. The first kappa shape index (κ1) is 19.0. The number of methoxy groups -OCH3 is 1. The molecule has 0 aliphatic carbocycles. The molecule has 0 aliphatic heterocycles. The molecule has 5 nitrogen and oxygen atoms in total. The number of nitrogens with zero attached hydrogens (tertiary/aromatic N) is 2. The summed E-state index contributed by atoms with van der Waals surface area (Å²) in [5, 5.41) is 10.1. The van der Waals surface area contributed by atoms with Crippen molar-refractivity contribution < 1.29 is 14.6 Å². The quantitative estimate of drug-likeness (QED) is 0.621. The summed E-state index contributed by atoms with van der Waals surface area (Å²) in [6, 6.07) is 12.6. The van der Waals surface area contributed by atoms with Gasteiger partial charge in [0.25, 0.3) is 0 Å². The van der Waals surface area contributed by atoms with Crippen LogP contribution in [0.25, 0.3) is 23.4 Å². The summed E-state index contributed by atoms with van der Waals surface area (Å²) >= 11 is 12.2. The molecule has 0 atom stereocenters. The predicted octanol–water partition coefficient (Wildman–Crippen LogP) is 5.12. The standard InChI is InChI=1S/C20H16Cl2N2O3/c1-27-15-6-2-13(3-7-15)4-9-19-23-18(11-24(19)12-20(25)26)16-8-5-14(21)10-17(16)22/h2-11H,12H2,1H3,(H,25,26)/b9-4+. The van der Waals surface area contributed by atoms with Crippen molar-refractivity contribution in [1.82, 2.24) is 9.55 Å². The van der Waals surface area contributed by atoms with Gasteiger partial charge >= 0.3 is 5.97 Å². The first-order chi connectivity index (χ1) is 13.0. The van der Waals surface area contributed by atoms with Gasteiger partial charge in [0.05, 0.1) is 17.8 Å². The van der Waals surface area contributed by atoms with Crippen LogP contribution in [0.1, 0.15) is 11.4 Å². The summed E-state index contributed by atoms with van der Waals surface area (Å²) in [6.07, 6.45) is 5.28. The Morgan fingerprint density at radius 3 is 2.56 bits per heavy atom. The molecule has 0 saturated heterocycles. The maximum absolute atomic E-state index is 11.2. The number of carbonyl (C=O) groups is 1. The molecule has 0 bridgehead atoms. The molecule has 0 spiro atoms. The average Bonchev–Trinajstić information content (AvgIpc) is 3.02. The molecule has 3 aromatic rings. The second-order valence-electron chi connectivity index (χ2n) is 5.74. The Balaban J connectivity index is 1.96. The average molecular weight is 403 g/mol. The van der Waals surface area contributed by atoms with Gasteiger partial charge in [-0.2, -0.15) is 0 Å². The number of aromatic nitrogens is 2. The molecule has 1 heterocycles. The highest BCUT2D eigenvalue weighted by atomic mass is 35.5. The minimum Gasteiger partial charge on any atom is -0.497 e. The van der Waals surface area contributed by atoms with E-state index in [2.05, 4.69) is 4.98 Å². The highest BCUT2D eigenvalue weighted by molar-refractivity contribution is 6.36. The topological polar surface area (TPSA) is 64.4 Å². The molecule has 0 aliphatic rings. The lowest BCUT2D eigenvalue weighted by molar-refractivity contribution is -0.137. The number of carboxylic acid groups (broad SMARTS) is 1. The van der Waals surface area contributed by atoms with E-state index < -0.39 is 5.97 Å². The zero-order chi connectivity index (χ0) is 19.4. The third-order valence-corrected chi connectivity index (χ3v) is 4.41. The van der Waals surface area contributed by atoms with Crippen LogP contribution in [0.3, 0.4) is 0 Å². The van der Waals surface area contributed by atoms with Crippen molar-refractivity contribution in [3.05, 3.63) is 70.1 Å². The lowest BCUT2D eigenvalue weighted by Crippen LogP contribution is -2.09. The number of hydrogen-bond acceptors (Lipinski definition) is 3. The molecule has 0 unspecified atom stereocenters. The van der Waals surface area contributed by atoms with E-state index in [1.807, 2.05) is 30.3 Å². The van der Waals surface area contributed by atoms with Crippen LogP contribution in [0, 0.1) is 0 Å². The molecule has 1 N–H and O–H groups in total. The minimum atomic E-state index is -0.958. The highest BCUT2D eigenvalue weighted by Gasteiger charge is 2.13. The molecule has 2 aromatic carbocycles. The molecule has 138 valence electrons. The van der Waals surface area contributed by atoms with Crippen LogP contribution in [0.2, 0.25) is 10.0 Å². The number of imidazole rings is 1. The summed E-state index contributed by atoms with van der Waals surface area (Å²) in [5.41, 5.74) is 2.20. The molecule has 0 radical (unpaired) electrons. The van der Waals surface area contributed by atoms with Crippen LogP contribution >= 0.6 is 23.2 Å². The number of ether oxygens (including phenoxy) is 1. The first-order valence-corrected chi connectivity index (χ1v) is 8.78. The van der Waals surface area contributed by atoms with Gasteiger partial charge in [-0.3, -0.25) is 4.79 Å². The summed E-state index contributed by atoms with van der Waals surface area (Å²) < 4.78 is 6.70. The Kier molecular flexibility index (Phi) is 5.84. The fourth-order valence-corrected chi connectivity index (χ4v) is 3.05. The highest BCUT2D eigenvalue weighted by Crippen LogP contribution is 2.30. The SMILES string of the molecule is COc1ccc(/C=C/c2nc(-c3ccc(Cl)cc3Cl)cn2CC(=O)O)cc1. The molecule has 7 heteroatoms. The van der Waals surface area contributed by atoms with Gasteiger partial charge in [0.2, 0.25) is 0 Å². The van der Waals surface area contributed by atoms with E-state index in [1.54, 1.807) is 42.1 Å². The van der Waals surface area contributed by atoms with Crippen LogP contribution in [0.4, 0.5) is 0 Å². The molecular formula is C20H16Cl2N2O3. The third kappa shape index (κ3) is 4.70. The summed E-state index contributed by atoms with van der Waals surface area (Å²) in [6.45, 7) is -0.208. The molecular weight excluding hydrogens is 387 g/mol. The maximum atomic E-state index is 11.2. The van der Waals surface area contributed by atoms with Crippen molar-refractivity contribution in [2.75, 3.05) is 7.11 Å². The van der Waals surface area contributed by atoms with Crippen LogP contribution in [-0.2, 0) is 11.3 Å². The van der Waals surface area contributed by atoms with Crippen molar-refractivity contribution in [2.24, 2.45) is 0 Å². The van der Waals surface area contributed by atoms with E-state index in [1.165, 1.54) is 0 Å². The number of aliphatic carboxylic acids is 1. The number of hydrogen-bond donors (Lipinski definition) is 1. The van der Waals surface area contributed by atoms with E-state index in [0.29, 0.717) is 27.1 Å². The van der Waals surface area contributed by atoms with E-state index in [-0.39, 0.29) is 6.54 Å². The maximum Gasteiger partial charge on any atom is 0.323 e. The molecule has 0 amide bonds. The van der Waals surface area contributed by atoms with Gasteiger partial charge in [0.1, 0.15) is 18.1 Å². The lowest BCUT2D eigenvalue weighted by Gasteiger charge is -2.01. The van der Waals surface area contributed by atoms with E-state index in [4.69, 9.17) is 27.9 Å². The Hall–Kier alpha value is -2.76.